The van der Waals surface area contributed by atoms with Crippen LogP contribution < -0.4 is 0 Å². The van der Waals surface area contributed by atoms with Crippen LogP contribution in [0.4, 0.5) is 0 Å². The summed E-state index contributed by atoms with van der Waals surface area (Å²) in [6.07, 6.45) is 4.84. The Morgan fingerprint density at radius 3 is 2.33 bits per heavy atom. The van der Waals surface area contributed by atoms with Crippen LogP contribution in [0.2, 0.25) is 0 Å². The van der Waals surface area contributed by atoms with E-state index < -0.39 is 0 Å². The molecule has 2 aliphatic heterocycles. The first-order valence-corrected chi connectivity index (χ1v) is 8.26. The third kappa shape index (κ3) is 4.19. The van der Waals surface area contributed by atoms with Crippen LogP contribution in [0, 0.1) is 11.3 Å². The van der Waals surface area contributed by atoms with E-state index in [0.717, 1.165) is 37.7 Å². The van der Waals surface area contributed by atoms with Gasteiger partial charge in [-0.05, 0) is 44.1 Å². The summed E-state index contributed by atoms with van der Waals surface area (Å²) in [6.45, 7) is 6.18. The molecule has 0 aromatic heterocycles. The first-order chi connectivity index (χ1) is 8.74. The summed E-state index contributed by atoms with van der Waals surface area (Å²) in [5, 5.41) is 1.10. The quantitative estimate of drug-likeness (QED) is 0.727. The number of hydrogen-bond acceptors (Lipinski definition) is 3. The van der Waals surface area contributed by atoms with E-state index in [9.17, 15) is 0 Å². The molecule has 2 fully saturated rings. The Balaban J connectivity index is 1.78. The van der Waals surface area contributed by atoms with Gasteiger partial charge in [0.15, 0.2) is 0 Å². The lowest BCUT2D eigenvalue weighted by molar-refractivity contribution is 0.00455. The van der Waals surface area contributed by atoms with Gasteiger partial charge in [0, 0.05) is 44.8 Å². The maximum atomic E-state index is 5.50. The second-order valence-corrected chi connectivity index (χ2v) is 6.56. The molecule has 3 nitrogen and oxygen atoms in total. The van der Waals surface area contributed by atoms with Crippen LogP contribution in [0.15, 0.2) is 0 Å². The van der Waals surface area contributed by atoms with E-state index >= 15 is 0 Å². The lowest BCUT2D eigenvalue weighted by Gasteiger charge is -2.40. The van der Waals surface area contributed by atoms with Crippen LogP contribution in [0.1, 0.15) is 25.7 Å². The van der Waals surface area contributed by atoms with E-state index in [1.807, 2.05) is 0 Å². The van der Waals surface area contributed by atoms with Crippen molar-refractivity contribution in [1.82, 2.24) is 4.90 Å². The van der Waals surface area contributed by atoms with Gasteiger partial charge < -0.3 is 14.4 Å². The highest BCUT2D eigenvalue weighted by molar-refractivity contribution is 9.09. The molecule has 0 spiro atoms. The minimum absolute atomic E-state index is 0.429. The van der Waals surface area contributed by atoms with Gasteiger partial charge in [0.1, 0.15) is 0 Å². The maximum absolute atomic E-state index is 5.50. The highest BCUT2D eigenvalue weighted by Crippen LogP contribution is 2.33. The van der Waals surface area contributed by atoms with Gasteiger partial charge >= 0.3 is 0 Å². The summed E-state index contributed by atoms with van der Waals surface area (Å²) in [5.41, 5.74) is 0.429. The fourth-order valence-electron chi connectivity index (χ4n) is 3.15. The molecule has 0 N–H and O–H groups in total. The molecule has 0 radical (unpaired) electrons. The smallest absolute Gasteiger partial charge is 0.0472 e. The normalized spacial score (nSPS) is 25.5. The summed E-state index contributed by atoms with van der Waals surface area (Å²) in [4.78, 5) is 2.53. The van der Waals surface area contributed by atoms with Gasteiger partial charge in [-0.2, -0.15) is 0 Å². The second-order valence-electron chi connectivity index (χ2n) is 6.00. The lowest BCUT2D eigenvalue weighted by Crippen LogP contribution is -2.43. The second kappa shape index (κ2) is 7.22. The molecule has 0 aromatic rings. The summed E-state index contributed by atoms with van der Waals surface area (Å²) >= 11 is 3.72. The van der Waals surface area contributed by atoms with Crippen molar-refractivity contribution in [3.63, 3.8) is 0 Å². The average Bonchev–Trinajstić information content (AvgIpc) is 2.41. The Labute approximate surface area is 119 Å². The highest BCUT2D eigenvalue weighted by atomic mass is 79.9. The molecule has 0 amide bonds. The maximum Gasteiger partial charge on any atom is 0.0472 e. The summed E-state index contributed by atoms with van der Waals surface area (Å²) < 4.78 is 10.9. The van der Waals surface area contributed by atoms with Crippen molar-refractivity contribution < 1.29 is 9.47 Å². The average molecular weight is 320 g/mol. The predicted molar refractivity (Wildman–Crippen MR) is 77.3 cm³/mol. The predicted octanol–water partition coefficient (Wildman–Crippen LogP) is 2.54. The molecule has 2 aliphatic rings. The standard InChI is InChI=1S/C14H26BrNO2/c1-16(10-13-2-6-17-7-3-13)12-14(11-15)4-8-18-9-5-14/h13H,2-12H2,1H3. The molecule has 18 heavy (non-hydrogen) atoms. The van der Waals surface area contributed by atoms with Crippen molar-refractivity contribution in [1.29, 1.82) is 0 Å². The first-order valence-electron chi connectivity index (χ1n) is 7.14. The van der Waals surface area contributed by atoms with Crippen LogP contribution in [0.3, 0.4) is 0 Å². The molecule has 0 aliphatic carbocycles. The van der Waals surface area contributed by atoms with Crippen molar-refractivity contribution in [2.75, 3.05) is 51.9 Å². The molecule has 0 aromatic carbocycles. The molecule has 0 unspecified atom stereocenters. The Morgan fingerprint density at radius 1 is 1.11 bits per heavy atom. The third-order valence-electron chi connectivity index (χ3n) is 4.35. The largest absolute Gasteiger partial charge is 0.381 e. The number of alkyl halides is 1. The third-order valence-corrected chi connectivity index (χ3v) is 5.54. The molecule has 2 heterocycles. The van der Waals surface area contributed by atoms with Gasteiger partial charge in [0.2, 0.25) is 0 Å². The fraction of sp³-hybridized carbons (Fsp3) is 1.00. The van der Waals surface area contributed by atoms with Crippen molar-refractivity contribution in [3.8, 4) is 0 Å². The van der Waals surface area contributed by atoms with Crippen molar-refractivity contribution in [2.24, 2.45) is 11.3 Å². The Morgan fingerprint density at radius 2 is 1.72 bits per heavy atom. The van der Waals surface area contributed by atoms with Crippen molar-refractivity contribution >= 4 is 15.9 Å². The molecule has 0 bridgehead atoms. The molecule has 106 valence electrons. The van der Waals surface area contributed by atoms with E-state index in [2.05, 4.69) is 27.9 Å². The number of halogens is 1. The van der Waals surface area contributed by atoms with Crippen LogP contribution in [-0.2, 0) is 9.47 Å². The van der Waals surface area contributed by atoms with Gasteiger partial charge in [-0.3, -0.25) is 0 Å². The Bertz CT molecular complexity index is 238. The summed E-state index contributed by atoms with van der Waals surface area (Å²) in [5.74, 6) is 0.830. The van der Waals surface area contributed by atoms with Crippen LogP contribution in [0.5, 0.6) is 0 Å². The topological polar surface area (TPSA) is 21.7 Å². The molecule has 2 saturated heterocycles. The number of hydrogen-bond donors (Lipinski definition) is 0. The highest BCUT2D eigenvalue weighted by Gasteiger charge is 2.33. The van der Waals surface area contributed by atoms with Gasteiger partial charge in [0.25, 0.3) is 0 Å². The zero-order chi connectivity index (χ0) is 12.8. The first kappa shape index (κ1) is 14.8. The summed E-state index contributed by atoms with van der Waals surface area (Å²) in [7, 11) is 2.27. The van der Waals surface area contributed by atoms with Gasteiger partial charge in [-0.25, -0.2) is 0 Å². The number of nitrogens with zero attached hydrogens (tertiary/aromatic N) is 1. The SMILES string of the molecule is CN(CC1CCOCC1)CC1(CBr)CCOCC1. The van der Waals surface area contributed by atoms with E-state index in [1.165, 1.54) is 38.8 Å². The Kier molecular flexibility index (Phi) is 5.93. The summed E-state index contributed by atoms with van der Waals surface area (Å²) in [6, 6.07) is 0. The lowest BCUT2D eigenvalue weighted by atomic mass is 9.81. The molecule has 4 heteroatoms. The van der Waals surface area contributed by atoms with E-state index in [1.54, 1.807) is 0 Å². The molecule has 0 saturated carbocycles. The van der Waals surface area contributed by atoms with Crippen LogP contribution in [0.25, 0.3) is 0 Å². The van der Waals surface area contributed by atoms with E-state index in [0.29, 0.717) is 5.41 Å². The molecular formula is C14H26BrNO2. The minimum atomic E-state index is 0.429. The minimum Gasteiger partial charge on any atom is -0.381 e. The van der Waals surface area contributed by atoms with Crippen LogP contribution >= 0.6 is 15.9 Å². The monoisotopic (exact) mass is 319 g/mol. The molecular weight excluding hydrogens is 294 g/mol. The van der Waals surface area contributed by atoms with E-state index in [-0.39, 0.29) is 0 Å². The Hall–Kier alpha value is 0.360. The zero-order valence-electron chi connectivity index (χ0n) is 11.5. The number of ether oxygens (including phenoxy) is 2. The van der Waals surface area contributed by atoms with Gasteiger partial charge in [0.05, 0.1) is 0 Å². The van der Waals surface area contributed by atoms with E-state index in [4.69, 9.17) is 9.47 Å². The zero-order valence-corrected chi connectivity index (χ0v) is 13.1. The molecule has 2 rings (SSSR count). The fourth-order valence-corrected chi connectivity index (χ4v) is 3.88. The van der Waals surface area contributed by atoms with Crippen LogP contribution in [-0.4, -0.2) is 56.8 Å². The molecule has 0 atom stereocenters. The van der Waals surface area contributed by atoms with Gasteiger partial charge in [-0.15, -0.1) is 0 Å². The van der Waals surface area contributed by atoms with Crippen molar-refractivity contribution in [3.05, 3.63) is 0 Å². The number of rotatable bonds is 5. The van der Waals surface area contributed by atoms with Crippen molar-refractivity contribution in [2.45, 2.75) is 25.7 Å². The van der Waals surface area contributed by atoms with Gasteiger partial charge in [-0.1, -0.05) is 15.9 Å².